The summed E-state index contributed by atoms with van der Waals surface area (Å²) in [7, 11) is -9.79. The molecule has 0 radical (unpaired) electrons. The number of rotatable bonds is 10. The molecule has 2 aliphatic heterocycles. The standard InChI is InChI=1S/C23H26ClN7O12P2/c24-12-2-1-3-13-18(12)22(33)31(9-26-13)17-6-14(15(42-17)8-39-44(34,35)36)43-45(37,38)40-7-11-4-5-16(41-11)30-10-27-19-20(30)28-23(25)29-21(19)32/h1-3,9-11,14-17H,4-8H2,(H,37,38)(H2,34,35,36)(H3,25,28,29,32)/t11-,14-,15+,16+,17+/m0/s1. The van der Waals surface area contributed by atoms with Crippen LogP contribution in [0.1, 0.15) is 31.7 Å². The smallest absolute Gasteiger partial charge is 0.369 e. The van der Waals surface area contributed by atoms with Crippen LogP contribution in [-0.4, -0.2) is 75.3 Å². The number of fused-ring (bicyclic) bond motifs is 2. The van der Waals surface area contributed by atoms with Crippen LogP contribution in [0.3, 0.4) is 0 Å². The third kappa shape index (κ3) is 6.89. The molecule has 6 N–H and O–H groups in total. The number of nitrogen functional groups attached to an aromatic ring is 1. The third-order valence-electron chi connectivity index (χ3n) is 7.20. The van der Waals surface area contributed by atoms with Gasteiger partial charge < -0.3 is 29.9 Å². The largest absolute Gasteiger partial charge is 0.472 e. The number of ether oxygens (including phenoxy) is 2. The molecule has 6 atom stereocenters. The molecule has 19 nitrogen and oxygen atoms in total. The molecule has 1 unspecified atom stereocenters. The molecule has 0 amide bonds. The summed E-state index contributed by atoms with van der Waals surface area (Å²) < 4.78 is 53.8. The van der Waals surface area contributed by atoms with Crippen molar-refractivity contribution in [1.29, 1.82) is 0 Å². The molecule has 0 saturated carbocycles. The van der Waals surface area contributed by atoms with Gasteiger partial charge in [-0.1, -0.05) is 17.7 Å². The van der Waals surface area contributed by atoms with E-state index in [4.69, 9.17) is 35.9 Å². The van der Waals surface area contributed by atoms with Crippen molar-refractivity contribution in [2.45, 2.75) is 50.0 Å². The summed E-state index contributed by atoms with van der Waals surface area (Å²) in [5.74, 6) is -0.0984. The van der Waals surface area contributed by atoms with Gasteiger partial charge >= 0.3 is 15.6 Å². The van der Waals surface area contributed by atoms with E-state index in [-0.39, 0.29) is 40.5 Å². The highest BCUT2D eigenvalue weighted by atomic mass is 35.5. The summed E-state index contributed by atoms with van der Waals surface area (Å²) in [5.41, 5.74) is 5.17. The second-order valence-corrected chi connectivity index (χ2v) is 13.3. The van der Waals surface area contributed by atoms with Crippen molar-refractivity contribution in [3.63, 3.8) is 0 Å². The van der Waals surface area contributed by atoms with Crippen molar-refractivity contribution in [3.8, 4) is 0 Å². The Kier molecular flexibility index (Phi) is 8.70. The lowest BCUT2D eigenvalue weighted by Gasteiger charge is -2.22. The van der Waals surface area contributed by atoms with Crippen molar-refractivity contribution in [3.05, 3.63) is 56.6 Å². The Bertz CT molecular complexity index is 1960. The summed E-state index contributed by atoms with van der Waals surface area (Å²) in [6.45, 7) is -1.12. The molecular weight excluding hydrogens is 664 g/mol. The van der Waals surface area contributed by atoms with E-state index in [1.807, 2.05) is 0 Å². The van der Waals surface area contributed by atoms with Crippen molar-refractivity contribution >= 4 is 55.3 Å². The first kappa shape index (κ1) is 31.9. The molecular formula is C23H26ClN7O12P2. The number of nitrogens with one attached hydrogen (secondary N) is 1. The normalized spacial score (nSPS) is 25.3. The molecule has 0 bridgehead atoms. The maximum absolute atomic E-state index is 13.2. The average molecular weight is 690 g/mol. The first-order valence-corrected chi connectivity index (χ1v) is 16.7. The molecule has 5 heterocycles. The Hall–Kier alpha value is -3.06. The SMILES string of the molecule is Nc1nc2c(ncn2[C@H]2CC[C@@H](COP(=O)(O)O[C@H]3C[C@H](n4cnc5cccc(Cl)c5c4=O)O[C@@H]3COP(=O)(O)O)O2)c(=O)[nH]1. The van der Waals surface area contributed by atoms with Crippen LogP contribution >= 0.6 is 27.2 Å². The zero-order valence-electron chi connectivity index (χ0n) is 22.9. The number of halogens is 1. The number of anilines is 1. The van der Waals surface area contributed by atoms with E-state index in [2.05, 4.69) is 24.5 Å². The third-order valence-corrected chi connectivity index (χ3v) is 9.01. The highest BCUT2D eigenvalue weighted by Gasteiger charge is 2.43. The number of imidazole rings is 1. The second-order valence-electron chi connectivity index (χ2n) is 10.2. The van der Waals surface area contributed by atoms with Crippen molar-refractivity contribution in [2.75, 3.05) is 18.9 Å². The predicted octanol–water partition coefficient (Wildman–Crippen LogP) is 1.34. The average Bonchev–Trinajstić information content (AvgIpc) is 3.69. The number of benzene rings is 1. The minimum absolute atomic E-state index is 0.0694. The molecule has 22 heteroatoms. The van der Waals surface area contributed by atoms with Gasteiger partial charge in [0.05, 0.1) is 41.6 Å². The van der Waals surface area contributed by atoms with E-state index in [0.717, 1.165) is 4.57 Å². The number of aromatic nitrogens is 6. The molecule has 4 aromatic rings. The van der Waals surface area contributed by atoms with Crippen LogP contribution in [0, 0.1) is 0 Å². The summed E-state index contributed by atoms with van der Waals surface area (Å²) in [6, 6.07) is 4.72. The van der Waals surface area contributed by atoms with Gasteiger partial charge in [0.2, 0.25) is 5.95 Å². The number of phosphoric ester groups is 2. The van der Waals surface area contributed by atoms with E-state index < -0.39 is 64.1 Å². The molecule has 242 valence electrons. The Morgan fingerprint density at radius 3 is 2.60 bits per heavy atom. The maximum Gasteiger partial charge on any atom is 0.472 e. The van der Waals surface area contributed by atoms with Crippen molar-refractivity contribution in [1.82, 2.24) is 29.1 Å². The number of hydrogen-bond acceptors (Lipinski definition) is 13. The fraction of sp³-hybridized carbons (Fsp3) is 0.435. The van der Waals surface area contributed by atoms with Crippen LogP contribution in [0.25, 0.3) is 22.1 Å². The minimum atomic E-state index is -4.96. The number of aromatic amines is 1. The van der Waals surface area contributed by atoms with Gasteiger partial charge in [0.15, 0.2) is 11.2 Å². The lowest BCUT2D eigenvalue weighted by Crippen LogP contribution is -2.29. The monoisotopic (exact) mass is 689 g/mol. The summed E-state index contributed by atoms with van der Waals surface area (Å²) in [4.78, 5) is 68.9. The van der Waals surface area contributed by atoms with E-state index in [0.29, 0.717) is 18.4 Å². The Labute approximate surface area is 256 Å². The Balaban J connectivity index is 1.13. The van der Waals surface area contributed by atoms with Gasteiger partial charge in [0.25, 0.3) is 11.1 Å². The molecule has 2 saturated heterocycles. The number of nitrogens with zero attached hydrogens (tertiary/aromatic N) is 5. The number of hydrogen-bond donors (Lipinski definition) is 5. The Morgan fingerprint density at radius 2 is 1.82 bits per heavy atom. The molecule has 2 aliphatic rings. The first-order valence-electron chi connectivity index (χ1n) is 13.3. The zero-order valence-corrected chi connectivity index (χ0v) is 25.5. The van der Waals surface area contributed by atoms with E-state index in [1.165, 1.54) is 23.3 Å². The van der Waals surface area contributed by atoms with Crippen molar-refractivity contribution < 1.29 is 46.9 Å². The molecule has 0 spiro atoms. The lowest BCUT2D eigenvalue weighted by molar-refractivity contribution is -0.0493. The highest BCUT2D eigenvalue weighted by molar-refractivity contribution is 7.47. The quantitative estimate of drug-likeness (QED) is 0.147. The minimum Gasteiger partial charge on any atom is -0.369 e. The fourth-order valence-corrected chi connectivity index (χ4v) is 6.76. The van der Waals surface area contributed by atoms with Gasteiger partial charge in [0.1, 0.15) is 31.0 Å². The van der Waals surface area contributed by atoms with Crippen LogP contribution in [0.15, 0.2) is 40.4 Å². The van der Waals surface area contributed by atoms with Gasteiger partial charge in [-0.3, -0.25) is 37.3 Å². The topological polar surface area (TPSA) is 265 Å². The Morgan fingerprint density at radius 1 is 1.04 bits per heavy atom. The molecule has 1 aromatic carbocycles. The number of H-pyrrole nitrogens is 1. The number of nitrogens with two attached hydrogens (primary N) is 1. The molecule has 2 fully saturated rings. The number of phosphoric acid groups is 2. The van der Waals surface area contributed by atoms with Crippen LogP contribution < -0.4 is 16.9 Å². The molecule has 6 rings (SSSR count). The lowest BCUT2D eigenvalue weighted by atomic mass is 10.2. The van der Waals surface area contributed by atoms with Gasteiger partial charge in [0, 0.05) is 6.42 Å². The predicted molar refractivity (Wildman–Crippen MR) is 154 cm³/mol. The molecule has 45 heavy (non-hydrogen) atoms. The molecule has 0 aliphatic carbocycles. The van der Waals surface area contributed by atoms with Gasteiger partial charge in [-0.15, -0.1) is 0 Å². The highest BCUT2D eigenvalue weighted by Crippen LogP contribution is 2.49. The van der Waals surface area contributed by atoms with E-state index >= 15 is 0 Å². The maximum atomic E-state index is 13.2. The van der Waals surface area contributed by atoms with Gasteiger partial charge in [-0.25, -0.2) is 19.1 Å². The summed E-state index contributed by atoms with van der Waals surface area (Å²) in [5, 5.41) is 0.255. The van der Waals surface area contributed by atoms with Gasteiger partial charge in [-0.05, 0) is 25.0 Å². The second kappa shape index (κ2) is 12.3. The van der Waals surface area contributed by atoms with Crippen LogP contribution in [0.4, 0.5) is 5.95 Å². The summed E-state index contributed by atoms with van der Waals surface area (Å²) in [6.07, 6.45) is -1.82. The zero-order chi connectivity index (χ0) is 32.1. The fourth-order valence-electron chi connectivity index (χ4n) is 5.19. The summed E-state index contributed by atoms with van der Waals surface area (Å²) >= 11 is 6.20. The van der Waals surface area contributed by atoms with E-state index in [9.17, 15) is 33.4 Å². The van der Waals surface area contributed by atoms with Crippen LogP contribution in [-0.2, 0) is 32.2 Å². The van der Waals surface area contributed by atoms with Crippen LogP contribution in [0.2, 0.25) is 5.02 Å². The first-order chi connectivity index (χ1) is 21.3. The van der Waals surface area contributed by atoms with Crippen LogP contribution in [0.5, 0.6) is 0 Å². The van der Waals surface area contributed by atoms with E-state index in [1.54, 1.807) is 12.1 Å². The van der Waals surface area contributed by atoms with Gasteiger partial charge in [-0.2, -0.15) is 4.98 Å². The molecule has 3 aromatic heterocycles. The van der Waals surface area contributed by atoms with Crippen molar-refractivity contribution in [2.24, 2.45) is 0 Å².